The fourth-order valence-electron chi connectivity index (χ4n) is 3.77. The van der Waals surface area contributed by atoms with Gasteiger partial charge in [0.2, 0.25) is 0 Å². The van der Waals surface area contributed by atoms with E-state index in [1.54, 1.807) is 12.1 Å². The van der Waals surface area contributed by atoms with Gasteiger partial charge in [-0.25, -0.2) is 4.98 Å². The third-order valence-electron chi connectivity index (χ3n) is 5.23. The van der Waals surface area contributed by atoms with E-state index in [-0.39, 0.29) is 10.6 Å². The van der Waals surface area contributed by atoms with Gasteiger partial charge in [0.1, 0.15) is 0 Å². The first kappa shape index (κ1) is 18.3. The highest BCUT2D eigenvalue weighted by molar-refractivity contribution is 6.30. The summed E-state index contributed by atoms with van der Waals surface area (Å²) in [7, 11) is 0. The highest BCUT2D eigenvalue weighted by atomic mass is 35.5. The van der Waals surface area contributed by atoms with Crippen LogP contribution >= 0.6 is 11.6 Å². The van der Waals surface area contributed by atoms with Crippen LogP contribution in [0.4, 0.5) is 5.69 Å². The predicted octanol–water partition coefficient (Wildman–Crippen LogP) is 7.28. The van der Waals surface area contributed by atoms with E-state index in [9.17, 15) is 10.1 Å². The molecule has 4 nitrogen and oxygen atoms in total. The van der Waals surface area contributed by atoms with Crippen LogP contribution in [0.2, 0.25) is 5.02 Å². The number of nitrogens with zero attached hydrogens (tertiary/aromatic N) is 2. The van der Waals surface area contributed by atoms with Gasteiger partial charge >= 0.3 is 0 Å². The number of nitro groups is 1. The summed E-state index contributed by atoms with van der Waals surface area (Å²) in [5, 5.41) is 15.0. The van der Waals surface area contributed by atoms with Crippen molar-refractivity contribution in [3.05, 3.63) is 106 Å². The number of hydrogen-bond donors (Lipinski definition) is 0. The van der Waals surface area contributed by atoms with E-state index in [1.165, 1.54) is 12.1 Å². The Morgan fingerprint density at radius 1 is 0.800 bits per heavy atom. The lowest BCUT2D eigenvalue weighted by Gasteiger charge is -2.13. The molecule has 1 heterocycles. The number of aromatic nitrogens is 1. The molecule has 1 aromatic heterocycles. The van der Waals surface area contributed by atoms with E-state index < -0.39 is 0 Å². The van der Waals surface area contributed by atoms with Gasteiger partial charge in [-0.15, -0.1) is 0 Å². The number of non-ortho nitro benzene ring substituents is 1. The Bertz CT molecular complexity index is 1410. The molecule has 0 atom stereocenters. The normalized spacial score (nSPS) is 11.1. The molecule has 4 aromatic carbocycles. The van der Waals surface area contributed by atoms with E-state index in [4.69, 9.17) is 16.6 Å². The molecule has 0 saturated carbocycles. The van der Waals surface area contributed by atoms with Crippen molar-refractivity contribution in [2.45, 2.75) is 0 Å². The minimum Gasteiger partial charge on any atom is -0.258 e. The molecule has 0 bridgehead atoms. The molecule has 144 valence electrons. The van der Waals surface area contributed by atoms with Gasteiger partial charge in [-0.05, 0) is 58.3 Å². The van der Waals surface area contributed by atoms with Crippen LogP contribution in [0.25, 0.3) is 44.1 Å². The Kier molecular flexibility index (Phi) is 4.42. The summed E-state index contributed by atoms with van der Waals surface area (Å²) in [6, 6.07) is 28.5. The molecule has 0 radical (unpaired) electrons. The first-order valence-electron chi connectivity index (χ1n) is 9.43. The minimum atomic E-state index is -0.386. The van der Waals surface area contributed by atoms with E-state index in [1.807, 2.05) is 48.5 Å². The topological polar surface area (TPSA) is 56.0 Å². The highest BCUT2D eigenvalue weighted by Gasteiger charge is 2.14. The SMILES string of the molecule is O=[N+]([O-])c1ccc(-c2cc(-c3ccc(Cl)cc3)nc3ccc4ccccc4c23)cc1. The summed E-state index contributed by atoms with van der Waals surface area (Å²) >= 11 is 6.05. The maximum absolute atomic E-state index is 11.1. The molecule has 0 saturated heterocycles. The molecule has 0 spiro atoms. The smallest absolute Gasteiger partial charge is 0.258 e. The van der Waals surface area contributed by atoms with Gasteiger partial charge in [-0.3, -0.25) is 10.1 Å². The van der Waals surface area contributed by atoms with Crippen molar-refractivity contribution >= 4 is 39.0 Å². The standard InChI is InChI=1S/C25H15ClN2O2/c26-19-10-5-18(6-11-19)24-15-22(17-7-12-20(13-8-17)28(29)30)25-21-4-2-1-3-16(21)9-14-23(25)27-24/h1-15H. The van der Waals surface area contributed by atoms with Crippen LogP contribution in [-0.4, -0.2) is 9.91 Å². The molecular formula is C25H15ClN2O2. The van der Waals surface area contributed by atoms with Gasteiger partial charge in [0.25, 0.3) is 5.69 Å². The average Bonchev–Trinajstić information content (AvgIpc) is 2.78. The van der Waals surface area contributed by atoms with Crippen molar-refractivity contribution in [3.8, 4) is 22.4 Å². The Morgan fingerprint density at radius 2 is 1.50 bits per heavy atom. The molecular weight excluding hydrogens is 396 g/mol. The van der Waals surface area contributed by atoms with Crippen molar-refractivity contribution in [1.82, 2.24) is 4.98 Å². The number of pyridine rings is 1. The van der Waals surface area contributed by atoms with Crippen LogP contribution in [0.15, 0.2) is 91.0 Å². The molecule has 5 rings (SSSR count). The van der Waals surface area contributed by atoms with Crippen LogP contribution in [0.1, 0.15) is 0 Å². The van der Waals surface area contributed by atoms with Crippen molar-refractivity contribution < 1.29 is 4.92 Å². The Morgan fingerprint density at radius 3 is 2.23 bits per heavy atom. The molecule has 0 unspecified atom stereocenters. The lowest BCUT2D eigenvalue weighted by molar-refractivity contribution is -0.384. The zero-order valence-corrected chi connectivity index (χ0v) is 16.5. The van der Waals surface area contributed by atoms with Crippen LogP contribution in [0.5, 0.6) is 0 Å². The van der Waals surface area contributed by atoms with Gasteiger partial charge in [0, 0.05) is 28.1 Å². The lowest BCUT2D eigenvalue weighted by Crippen LogP contribution is -1.92. The summed E-state index contributed by atoms with van der Waals surface area (Å²) in [6.45, 7) is 0. The molecule has 0 aliphatic heterocycles. The van der Waals surface area contributed by atoms with E-state index in [0.717, 1.165) is 44.1 Å². The van der Waals surface area contributed by atoms with E-state index >= 15 is 0 Å². The number of fused-ring (bicyclic) bond motifs is 3. The largest absolute Gasteiger partial charge is 0.269 e. The number of benzene rings is 4. The van der Waals surface area contributed by atoms with Crippen molar-refractivity contribution in [2.75, 3.05) is 0 Å². The van der Waals surface area contributed by atoms with Gasteiger partial charge in [-0.1, -0.05) is 54.1 Å². The second kappa shape index (κ2) is 7.25. The van der Waals surface area contributed by atoms with E-state index in [2.05, 4.69) is 18.2 Å². The maximum Gasteiger partial charge on any atom is 0.269 e. The molecule has 0 aliphatic carbocycles. The van der Waals surface area contributed by atoms with Crippen molar-refractivity contribution in [2.24, 2.45) is 0 Å². The fraction of sp³-hybridized carbons (Fsp3) is 0. The zero-order chi connectivity index (χ0) is 20.7. The average molecular weight is 411 g/mol. The Hall–Kier alpha value is -3.76. The fourth-order valence-corrected chi connectivity index (χ4v) is 3.89. The summed E-state index contributed by atoms with van der Waals surface area (Å²) in [5.41, 5.74) is 4.60. The monoisotopic (exact) mass is 410 g/mol. The van der Waals surface area contributed by atoms with E-state index in [0.29, 0.717) is 5.02 Å². The number of nitro benzene ring substituents is 1. The highest BCUT2D eigenvalue weighted by Crippen LogP contribution is 2.37. The molecule has 0 aliphatic rings. The Labute approximate surface area is 177 Å². The van der Waals surface area contributed by atoms with Crippen LogP contribution in [-0.2, 0) is 0 Å². The Balaban J connectivity index is 1.83. The molecule has 5 heteroatoms. The molecule has 0 N–H and O–H groups in total. The predicted molar refractivity (Wildman–Crippen MR) is 122 cm³/mol. The van der Waals surface area contributed by atoms with Crippen LogP contribution < -0.4 is 0 Å². The first-order chi connectivity index (χ1) is 14.6. The number of hydrogen-bond acceptors (Lipinski definition) is 3. The maximum atomic E-state index is 11.1. The van der Waals surface area contributed by atoms with Gasteiger partial charge < -0.3 is 0 Å². The molecule has 0 amide bonds. The van der Waals surface area contributed by atoms with Crippen LogP contribution in [0.3, 0.4) is 0 Å². The minimum absolute atomic E-state index is 0.0693. The van der Waals surface area contributed by atoms with Gasteiger partial charge in [0.15, 0.2) is 0 Å². The second-order valence-electron chi connectivity index (χ2n) is 7.05. The number of rotatable bonds is 3. The summed E-state index contributed by atoms with van der Waals surface area (Å²) in [4.78, 5) is 15.6. The van der Waals surface area contributed by atoms with Crippen molar-refractivity contribution in [3.63, 3.8) is 0 Å². The summed E-state index contributed by atoms with van der Waals surface area (Å²) in [6.07, 6.45) is 0. The van der Waals surface area contributed by atoms with Crippen molar-refractivity contribution in [1.29, 1.82) is 0 Å². The second-order valence-corrected chi connectivity index (χ2v) is 7.48. The van der Waals surface area contributed by atoms with Crippen LogP contribution in [0, 0.1) is 10.1 Å². The summed E-state index contributed by atoms with van der Waals surface area (Å²) < 4.78 is 0. The molecule has 5 aromatic rings. The third kappa shape index (κ3) is 3.17. The summed E-state index contributed by atoms with van der Waals surface area (Å²) in [5.74, 6) is 0. The zero-order valence-electron chi connectivity index (χ0n) is 15.7. The van der Waals surface area contributed by atoms with Gasteiger partial charge in [0.05, 0.1) is 16.1 Å². The quantitative estimate of drug-likeness (QED) is 0.178. The first-order valence-corrected chi connectivity index (χ1v) is 9.81. The number of halogens is 1. The third-order valence-corrected chi connectivity index (χ3v) is 5.48. The molecule has 0 fully saturated rings. The lowest BCUT2D eigenvalue weighted by atomic mass is 9.94. The van der Waals surface area contributed by atoms with Gasteiger partial charge in [-0.2, -0.15) is 0 Å². The molecule has 30 heavy (non-hydrogen) atoms.